The van der Waals surface area contributed by atoms with Crippen molar-refractivity contribution < 1.29 is 24.2 Å². The Labute approximate surface area is 286 Å². The monoisotopic (exact) mass is 654 g/mol. The summed E-state index contributed by atoms with van der Waals surface area (Å²) in [7, 11) is 0. The lowest BCUT2D eigenvalue weighted by atomic mass is 9.94. The molecule has 2 atom stereocenters. The summed E-state index contributed by atoms with van der Waals surface area (Å²) in [4.78, 5) is 27.4. The number of unbranched alkanes of at least 4 members (excludes halogenated alkanes) is 18. The lowest BCUT2D eigenvalue weighted by Gasteiger charge is -2.21. The molecule has 0 aromatic carbocycles. The van der Waals surface area contributed by atoms with Gasteiger partial charge < -0.3 is 19.5 Å². The number of nitrogens with zero attached hydrogens (tertiary/aromatic N) is 1. The van der Waals surface area contributed by atoms with Gasteiger partial charge in [0.25, 0.3) is 0 Å². The van der Waals surface area contributed by atoms with Gasteiger partial charge in [-0.3, -0.25) is 9.59 Å². The van der Waals surface area contributed by atoms with E-state index < -0.39 is 0 Å². The van der Waals surface area contributed by atoms with E-state index in [1.807, 2.05) is 6.92 Å². The van der Waals surface area contributed by atoms with Gasteiger partial charge in [-0.2, -0.15) is 0 Å². The van der Waals surface area contributed by atoms with Crippen LogP contribution in [-0.4, -0.2) is 61.4 Å². The average molecular weight is 654 g/mol. The fraction of sp³-hybridized carbons (Fsp3) is 0.950. The van der Waals surface area contributed by atoms with Crippen LogP contribution in [0.4, 0.5) is 0 Å². The molecule has 0 amide bonds. The Morgan fingerprint density at radius 2 is 0.891 bits per heavy atom. The lowest BCUT2D eigenvalue weighted by Crippen LogP contribution is -2.29. The summed E-state index contributed by atoms with van der Waals surface area (Å²) in [6.45, 7) is 12.8. The van der Waals surface area contributed by atoms with E-state index in [9.17, 15) is 14.7 Å². The number of carbonyl (C=O) groups is 2. The van der Waals surface area contributed by atoms with Crippen LogP contribution in [0, 0.1) is 11.8 Å². The van der Waals surface area contributed by atoms with Gasteiger partial charge in [0, 0.05) is 6.54 Å². The standard InChI is InChI=1S/C40H79NO5/c1-5-8-11-13-16-23-30-38(29-22-15-12-9-6-2)40(44)46-36-27-20-14-18-24-31-41(33-34-42)32-25-19-17-21-28-37(4)39(43)45-35-26-10-7-3/h37-38,42H,5-36H2,1-4H3. The summed E-state index contributed by atoms with van der Waals surface area (Å²) in [6.07, 6.45) is 30.1. The van der Waals surface area contributed by atoms with Crippen LogP contribution in [0.25, 0.3) is 0 Å². The van der Waals surface area contributed by atoms with Gasteiger partial charge in [0.15, 0.2) is 0 Å². The third-order valence-corrected chi connectivity index (χ3v) is 9.43. The molecule has 0 bridgehead atoms. The first-order chi connectivity index (χ1) is 22.5. The summed E-state index contributed by atoms with van der Waals surface area (Å²) in [6, 6.07) is 0. The van der Waals surface area contributed by atoms with Gasteiger partial charge in [0.05, 0.1) is 31.7 Å². The lowest BCUT2D eigenvalue weighted by molar-refractivity contribution is -0.149. The van der Waals surface area contributed by atoms with Gasteiger partial charge in [-0.15, -0.1) is 0 Å². The molecule has 0 aliphatic heterocycles. The molecule has 0 fully saturated rings. The van der Waals surface area contributed by atoms with Crippen LogP contribution in [0.2, 0.25) is 0 Å². The highest BCUT2D eigenvalue weighted by molar-refractivity contribution is 5.72. The minimum absolute atomic E-state index is 0.00325. The van der Waals surface area contributed by atoms with Crippen molar-refractivity contribution in [2.45, 2.75) is 195 Å². The van der Waals surface area contributed by atoms with Crippen molar-refractivity contribution in [3.8, 4) is 0 Å². The van der Waals surface area contributed by atoms with Gasteiger partial charge in [-0.25, -0.2) is 0 Å². The molecule has 0 saturated carbocycles. The van der Waals surface area contributed by atoms with Crippen molar-refractivity contribution in [1.82, 2.24) is 4.90 Å². The van der Waals surface area contributed by atoms with E-state index in [2.05, 4.69) is 25.7 Å². The van der Waals surface area contributed by atoms with Gasteiger partial charge >= 0.3 is 11.9 Å². The van der Waals surface area contributed by atoms with Crippen LogP contribution < -0.4 is 0 Å². The SMILES string of the molecule is CCCCCCCCC(CCCCCCC)C(=O)OCCCCCCCN(CCO)CCCCCCC(C)C(=O)OCCCCC. The highest BCUT2D eigenvalue weighted by Gasteiger charge is 2.19. The van der Waals surface area contributed by atoms with Crippen molar-refractivity contribution in [3.05, 3.63) is 0 Å². The number of hydrogen-bond acceptors (Lipinski definition) is 6. The molecule has 0 heterocycles. The fourth-order valence-corrected chi connectivity index (χ4v) is 6.21. The van der Waals surface area contributed by atoms with Crippen LogP contribution in [0.3, 0.4) is 0 Å². The first-order valence-corrected chi connectivity index (χ1v) is 20.2. The second kappa shape index (κ2) is 35.2. The number of esters is 2. The van der Waals surface area contributed by atoms with E-state index in [1.165, 1.54) is 70.6 Å². The third kappa shape index (κ3) is 29.0. The third-order valence-electron chi connectivity index (χ3n) is 9.43. The summed E-state index contributed by atoms with van der Waals surface area (Å²) in [5, 5.41) is 9.51. The maximum absolute atomic E-state index is 12.9. The number of aliphatic hydroxyl groups is 1. The Kier molecular flexibility index (Phi) is 34.3. The molecule has 0 saturated heterocycles. The molecule has 46 heavy (non-hydrogen) atoms. The van der Waals surface area contributed by atoms with Gasteiger partial charge in [-0.05, 0) is 58.0 Å². The van der Waals surface area contributed by atoms with E-state index in [-0.39, 0.29) is 30.4 Å². The number of rotatable bonds is 36. The minimum atomic E-state index is -0.0396. The fourth-order valence-electron chi connectivity index (χ4n) is 6.21. The zero-order valence-corrected chi connectivity index (χ0v) is 31.3. The maximum atomic E-state index is 12.9. The maximum Gasteiger partial charge on any atom is 0.308 e. The molecule has 0 aromatic heterocycles. The molecule has 2 unspecified atom stereocenters. The Balaban J connectivity index is 4.03. The zero-order valence-electron chi connectivity index (χ0n) is 31.3. The molecule has 6 heteroatoms. The van der Waals surface area contributed by atoms with Gasteiger partial charge in [-0.1, -0.05) is 150 Å². The van der Waals surface area contributed by atoms with Gasteiger partial charge in [0.1, 0.15) is 0 Å². The van der Waals surface area contributed by atoms with Crippen molar-refractivity contribution in [1.29, 1.82) is 0 Å². The van der Waals surface area contributed by atoms with Crippen LogP contribution >= 0.6 is 0 Å². The number of ether oxygens (including phenoxy) is 2. The summed E-state index contributed by atoms with van der Waals surface area (Å²) in [5.74, 6) is 0.106. The number of carbonyl (C=O) groups excluding carboxylic acids is 2. The Bertz CT molecular complexity index is 658. The highest BCUT2D eigenvalue weighted by atomic mass is 16.5. The molecule has 274 valence electrons. The molecular weight excluding hydrogens is 574 g/mol. The summed E-state index contributed by atoms with van der Waals surface area (Å²) >= 11 is 0. The molecule has 1 N–H and O–H groups in total. The zero-order chi connectivity index (χ0) is 33.9. The van der Waals surface area contributed by atoms with Gasteiger partial charge in [0.2, 0.25) is 0 Å². The Hall–Kier alpha value is -1.14. The summed E-state index contributed by atoms with van der Waals surface area (Å²) < 4.78 is 11.2. The number of hydrogen-bond donors (Lipinski definition) is 1. The molecular formula is C40H79NO5. The van der Waals surface area contributed by atoms with E-state index in [4.69, 9.17) is 9.47 Å². The van der Waals surface area contributed by atoms with Crippen molar-refractivity contribution in [2.75, 3.05) is 39.5 Å². The van der Waals surface area contributed by atoms with E-state index >= 15 is 0 Å². The number of aliphatic hydroxyl groups excluding tert-OH is 1. The normalized spacial score (nSPS) is 12.8. The van der Waals surface area contributed by atoms with Crippen LogP contribution in [0.15, 0.2) is 0 Å². The molecule has 0 aliphatic carbocycles. The minimum Gasteiger partial charge on any atom is -0.465 e. The van der Waals surface area contributed by atoms with E-state index in [1.54, 1.807) is 0 Å². The van der Waals surface area contributed by atoms with Crippen molar-refractivity contribution >= 4 is 11.9 Å². The molecule has 0 aliphatic rings. The van der Waals surface area contributed by atoms with Crippen LogP contribution in [0.1, 0.15) is 195 Å². The van der Waals surface area contributed by atoms with E-state index in [0.29, 0.717) is 13.2 Å². The quantitative estimate of drug-likeness (QED) is 0.0536. The molecule has 6 nitrogen and oxygen atoms in total. The molecule has 0 spiro atoms. The Morgan fingerprint density at radius 1 is 0.500 bits per heavy atom. The van der Waals surface area contributed by atoms with Crippen LogP contribution in [-0.2, 0) is 19.1 Å². The second-order valence-corrected chi connectivity index (χ2v) is 13.9. The predicted octanol–water partition coefficient (Wildman–Crippen LogP) is 10.8. The molecule has 0 rings (SSSR count). The van der Waals surface area contributed by atoms with Crippen molar-refractivity contribution in [3.63, 3.8) is 0 Å². The first-order valence-electron chi connectivity index (χ1n) is 20.2. The first kappa shape index (κ1) is 44.9. The molecule has 0 aromatic rings. The average Bonchev–Trinajstić information content (AvgIpc) is 3.05. The van der Waals surface area contributed by atoms with E-state index in [0.717, 1.165) is 116 Å². The Morgan fingerprint density at radius 3 is 1.41 bits per heavy atom. The largest absolute Gasteiger partial charge is 0.465 e. The highest BCUT2D eigenvalue weighted by Crippen LogP contribution is 2.21. The van der Waals surface area contributed by atoms with Crippen molar-refractivity contribution in [2.24, 2.45) is 11.8 Å². The van der Waals surface area contributed by atoms with Crippen LogP contribution in [0.5, 0.6) is 0 Å². The smallest absolute Gasteiger partial charge is 0.308 e. The molecule has 0 radical (unpaired) electrons. The second-order valence-electron chi connectivity index (χ2n) is 13.9. The summed E-state index contributed by atoms with van der Waals surface area (Å²) in [5.41, 5.74) is 0. The topological polar surface area (TPSA) is 76.1 Å². The predicted molar refractivity (Wildman–Crippen MR) is 195 cm³/mol.